The smallest absolute Gasteiger partial charge is 0.236 e. The van der Waals surface area contributed by atoms with Crippen LogP contribution in [-0.4, -0.2) is 20.9 Å². The number of pyridine rings is 1. The SMILES string of the molecule is C.N#Cc1ccc(NC(=O)C2(c3ccc(-c4cnc(N)nc4)cc3)CCC2)nc1. The summed E-state index contributed by atoms with van der Waals surface area (Å²) in [4.78, 5) is 25.2. The molecule has 1 aromatic carbocycles. The molecule has 29 heavy (non-hydrogen) atoms. The van der Waals surface area contributed by atoms with Gasteiger partial charge in [0.2, 0.25) is 11.9 Å². The highest BCUT2D eigenvalue weighted by atomic mass is 16.2. The van der Waals surface area contributed by atoms with Crippen LogP contribution >= 0.6 is 0 Å². The van der Waals surface area contributed by atoms with Gasteiger partial charge in [0.25, 0.3) is 0 Å². The number of carbonyl (C=O) groups is 1. The van der Waals surface area contributed by atoms with Crippen molar-refractivity contribution in [3.05, 3.63) is 66.1 Å². The molecule has 0 bridgehead atoms. The molecule has 0 radical (unpaired) electrons. The van der Waals surface area contributed by atoms with Gasteiger partial charge < -0.3 is 11.1 Å². The van der Waals surface area contributed by atoms with Gasteiger partial charge in [0.05, 0.1) is 11.0 Å². The fourth-order valence-electron chi connectivity index (χ4n) is 3.42. The van der Waals surface area contributed by atoms with Crippen molar-refractivity contribution in [2.45, 2.75) is 32.1 Å². The Morgan fingerprint density at radius 3 is 2.21 bits per heavy atom. The second-order valence-electron chi connectivity index (χ2n) is 6.84. The minimum atomic E-state index is -0.550. The summed E-state index contributed by atoms with van der Waals surface area (Å²) in [6.45, 7) is 0. The van der Waals surface area contributed by atoms with E-state index < -0.39 is 5.41 Å². The molecule has 7 heteroatoms. The molecule has 3 N–H and O–H groups in total. The summed E-state index contributed by atoms with van der Waals surface area (Å²) in [7, 11) is 0. The van der Waals surface area contributed by atoms with Crippen molar-refractivity contribution in [2.24, 2.45) is 0 Å². The fourth-order valence-corrected chi connectivity index (χ4v) is 3.42. The molecule has 2 heterocycles. The van der Waals surface area contributed by atoms with Crippen LogP contribution in [0.3, 0.4) is 0 Å². The van der Waals surface area contributed by atoms with Crippen LogP contribution in [0.25, 0.3) is 11.1 Å². The van der Waals surface area contributed by atoms with E-state index >= 15 is 0 Å². The number of aromatic nitrogens is 3. The van der Waals surface area contributed by atoms with Gasteiger partial charge in [0, 0.05) is 24.2 Å². The molecule has 146 valence electrons. The maximum Gasteiger partial charge on any atom is 0.236 e. The topological polar surface area (TPSA) is 118 Å². The van der Waals surface area contributed by atoms with E-state index in [-0.39, 0.29) is 19.3 Å². The number of nitrogens with one attached hydrogen (secondary N) is 1. The zero-order chi connectivity index (χ0) is 19.6. The maximum absolute atomic E-state index is 13.0. The number of carbonyl (C=O) groups excluding carboxylic acids is 1. The fraction of sp³-hybridized carbons (Fsp3) is 0.227. The van der Waals surface area contributed by atoms with Crippen molar-refractivity contribution in [2.75, 3.05) is 11.1 Å². The number of nitriles is 1. The van der Waals surface area contributed by atoms with Gasteiger partial charge >= 0.3 is 0 Å². The van der Waals surface area contributed by atoms with Crippen LogP contribution in [0.4, 0.5) is 11.8 Å². The molecule has 1 aliphatic rings. The average molecular weight is 386 g/mol. The molecule has 0 saturated heterocycles. The van der Waals surface area contributed by atoms with Crippen LogP contribution < -0.4 is 11.1 Å². The highest BCUT2D eigenvalue weighted by Gasteiger charge is 2.45. The Hall–Kier alpha value is -3.79. The highest BCUT2D eigenvalue weighted by Crippen LogP contribution is 2.45. The molecule has 1 aliphatic carbocycles. The van der Waals surface area contributed by atoms with E-state index in [1.165, 1.54) is 6.20 Å². The second kappa shape index (κ2) is 8.07. The lowest BCUT2D eigenvalue weighted by Gasteiger charge is -2.40. The summed E-state index contributed by atoms with van der Waals surface area (Å²) >= 11 is 0. The van der Waals surface area contributed by atoms with E-state index in [1.54, 1.807) is 24.5 Å². The van der Waals surface area contributed by atoms with Crippen molar-refractivity contribution in [3.63, 3.8) is 0 Å². The molecule has 2 aromatic heterocycles. The molecule has 0 aliphatic heterocycles. The van der Waals surface area contributed by atoms with Gasteiger partial charge in [-0.25, -0.2) is 15.0 Å². The Balaban J connectivity index is 0.00000240. The third kappa shape index (κ3) is 3.78. The van der Waals surface area contributed by atoms with Crippen LogP contribution in [0, 0.1) is 11.3 Å². The summed E-state index contributed by atoms with van der Waals surface area (Å²) in [5.41, 5.74) is 8.26. The van der Waals surface area contributed by atoms with Gasteiger partial charge in [-0.2, -0.15) is 5.26 Å². The Kier molecular flexibility index (Phi) is 5.55. The number of nitrogen functional groups attached to an aromatic ring is 1. The lowest BCUT2D eigenvalue weighted by Crippen LogP contribution is -2.46. The molecule has 1 amide bonds. The molecular formula is C22H22N6O. The Morgan fingerprint density at radius 1 is 1.00 bits per heavy atom. The van der Waals surface area contributed by atoms with Crippen LogP contribution in [0.15, 0.2) is 55.0 Å². The van der Waals surface area contributed by atoms with Gasteiger partial charge in [0.15, 0.2) is 0 Å². The second-order valence-corrected chi connectivity index (χ2v) is 6.84. The predicted molar refractivity (Wildman–Crippen MR) is 112 cm³/mol. The molecule has 0 atom stereocenters. The van der Waals surface area contributed by atoms with Crippen LogP contribution in [0.5, 0.6) is 0 Å². The molecular weight excluding hydrogens is 364 g/mol. The van der Waals surface area contributed by atoms with E-state index in [4.69, 9.17) is 11.0 Å². The van der Waals surface area contributed by atoms with E-state index in [0.717, 1.165) is 36.0 Å². The zero-order valence-corrected chi connectivity index (χ0v) is 15.1. The number of hydrogen-bond donors (Lipinski definition) is 2. The standard InChI is InChI=1S/C21H18N6O.CH4/c22-10-14-2-7-18(24-11-14)27-19(28)21(8-1-9-21)17-5-3-15(4-6-17)16-12-25-20(23)26-13-16;/h2-7,11-13H,1,8-9H2,(H2,23,25,26)(H,24,27,28);1H4. The van der Waals surface area contributed by atoms with Crippen LogP contribution in [0.2, 0.25) is 0 Å². The third-order valence-electron chi connectivity index (χ3n) is 5.22. The van der Waals surface area contributed by atoms with Crippen molar-refractivity contribution >= 4 is 17.7 Å². The minimum Gasteiger partial charge on any atom is -0.368 e. The van der Waals surface area contributed by atoms with E-state index in [2.05, 4.69) is 20.3 Å². The van der Waals surface area contributed by atoms with E-state index in [1.807, 2.05) is 30.3 Å². The number of anilines is 2. The number of nitrogens with two attached hydrogens (primary N) is 1. The normalized spacial score (nSPS) is 14.0. The minimum absolute atomic E-state index is 0. The van der Waals surface area contributed by atoms with E-state index in [0.29, 0.717) is 11.4 Å². The quantitative estimate of drug-likeness (QED) is 0.706. The van der Waals surface area contributed by atoms with E-state index in [9.17, 15) is 4.79 Å². The van der Waals surface area contributed by atoms with Crippen molar-refractivity contribution < 1.29 is 4.79 Å². The summed E-state index contributed by atoms with van der Waals surface area (Å²) < 4.78 is 0. The summed E-state index contributed by atoms with van der Waals surface area (Å²) in [6, 6.07) is 13.2. The van der Waals surface area contributed by atoms with Gasteiger partial charge in [-0.1, -0.05) is 38.1 Å². The van der Waals surface area contributed by atoms with Crippen LogP contribution in [-0.2, 0) is 10.2 Å². The third-order valence-corrected chi connectivity index (χ3v) is 5.22. The molecule has 4 rings (SSSR count). The summed E-state index contributed by atoms with van der Waals surface area (Å²) in [6.07, 6.45) is 7.40. The number of rotatable bonds is 4. The largest absolute Gasteiger partial charge is 0.368 e. The number of hydrogen-bond acceptors (Lipinski definition) is 6. The van der Waals surface area contributed by atoms with Crippen molar-refractivity contribution in [1.82, 2.24) is 15.0 Å². The van der Waals surface area contributed by atoms with Gasteiger partial charge in [0.1, 0.15) is 11.9 Å². The van der Waals surface area contributed by atoms with Gasteiger partial charge in [-0.05, 0) is 36.1 Å². The Morgan fingerprint density at radius 2 is 1.69 bits per heavy atom. The Bertz CT molecular complexity index is 1030. The lowest BCUT2D eigenvalue weighted by molar-refractivity contribution is -0.124. The average Bonchev–Trinajstić information content (AvgIpc) is 2.69. The first kappa shape index (κ1) is 20.0. The first-order valence-electron chi connectivity index (χ1n) is 8.97. The van der Waals surface area contributed by atoms with Crippen LogP contribution in [0.1, 0.15) is 37.8 Å². The predicted octanol–water partition coefficient (Wildman–Crippen LogP) is 3.69. The first-order chi connectivity index (χ1) is 13.6. The zero-order valence-electron chi connectivity index (χ0n) is 15.1. The molecule has 0 unspecified atom stereocenters. The maximum atomic E-state index is 13.0. The van der Waals surface area contributed by atoms with Crippen molar-refractivity contribution in [1.29, 1.82) is 5.26 Å². The summed E-state index contributed by atoms with van der Waals surface area (Å²) in [5.74, 6) is 0.618. The molecule has 1 saturated carbocycles. The Labute approximate surface area is 169 Å². The number of benzene rings is 1. The number of nitrogens with zero attached hydrogens (tertiary/aromatic N) is 4. The highest BCUT2D eigenvalue weighted by molar-refractivity contribution is 5.99. The summed E-state index contributed by atoms with van der Waals surface area (Å²) in [5, 5.41) is 11.8. The first-order valence-corrected chi connectivity index (χ1v) is 8.97. The monoisotopic (exact) mass is 386 g/mol. The number of amides is 1. The molecule has 1 fully saturated rings. The molecule has 7 nitrogen and oxygen atoms in total. The van der Waals surface area contributed by atoms with Crippen molar-refractivity contribution in [3.8, 4) is 17.2 Å². The lowest BCUT2D eigenvalue weighted by atomic mass is 9.63. The van der Waals surface area contributed by atoms with Gasteiger partial charge in [-0.3, -0.25) is 4.79 Å². The molecule has 3 aromatic rings. The molecule has 0 spiro atoms. The van der Waals surface area contributed by atoms with Gasteiger partial charge in [-0.15, -0.1) is 0 Å².